The topological polar surface area (TPSA) is 70.1 Å². The minimum Gasteiger partial charge on any atom is -0.507 e. The largest absolute Gasteiger partial charge is 0.507 e. The number of methoxy groups -OCH3 is 1. The maximum atomic E-state index is 13.1. The number of carbonyl (C=O) groups is 2. The molecule has 2 aromatic carbocycles. The highest BCUT2D eigenvalue weighted by molar-refractivity contribution is 6.46. The fourth-order valence-corrected chi connectivity index (χ4v) is 4.04. The van der Waals surface area contributed by atoms with Gasteiger partial charge in [-0.05, 0) is 70.2 Å². The fourth-order valence-electron chi connectivity index (χ4n) is 4.04. The van der Waals surface area contributed by atoms with Crippen molar-refractivity contribution in [2.75, 3.05) is 34.3 Å². The van der Waals surface area contributed by atoms with Crippen LogP contribution >= 0.6 is 0 Å². The van der Waals surface area contributed by atoms with Gasteiger partial charge in [0.15, 0.2) is 0 Å². The van der Waals surface area contributed by atoms with Crippen LogP contribution in [0, 0.1) is 13.8 Å². The van der Waals surface area contributed by atoms with E-state index in [1.807, 2.05) is 57.1 Å². The van der Waals surface area contributed by atoms with E-state index in [1.165, 1.54) is 0 Å². The van der Waals surface area contributed by atoms with E-state index < -0.39 is 17.7 Å². The van der Waals surface area contributed by atoms with Crippen molar-refractivity contribution >= 4 is 17.4 Å². The molecular formula is C25H30N2O4. The number of ether oxygens (including phenoxy) is 1. The number of carbonyl (C=O) groups excluding carboxylic acids is 2. The summed E-state index contributed by atoms with van der Waals surface area (Å²) in [5.41, 5.74) is 3.29. The van der Waals surface area contributed by atoms with Gasteiger partial charge in [-0.3, -0.25) is 9.59 Å². The molecule has 0 spiro atoms. The molecule has 31 heavy (non-hydrogen) atoms. The van der Waals surface area contributed by atoms with Crippen molar-refractivity contribution in [1.29, 1.82) is 0 Å². The Morgan fingerprint density at radius 3 is 2.48 bits per heavy atom. The molecule has 2 aromatic rings. The van der Waals surface area contributed by atoms with Crippen LogP contribution in [0.5, 0.6) is 5.75 Å². The number of benzene rings is 2. The fraction of sp³-hybridized carbons (Fsp3) is 0.360. The van der Waals surface area contributed by atoms with E-state index in [4.69, 9.17) is 4.74 Å². The Morgan fingerprint density at radius 1 is 1.13 bits per heavy atom. The number of amides is 1. The second-order valence-electron chi connectivity index (χ2n) is 8.25. The van der Waals surface area contributed by atoms with Crippen LogP contribution < -0.4 is 4.74 Å². The van der Waals surface area contributed by atoms with Crippen LogP contribution in [0.1, 0.15) is 34.7 Å². The number of rotatable bonds is 7. The minimum atomic E-state index is -0.651. The Labute approximate surface area is 183 Å². The van der Waals surface area contributed by atoms with Crippen LogP contribution in [0.3, 0.4) is 0 Å². The molecule has 1 fully saturated rings. The molecule has 1 atom stereocenters. The van der Waals surface area contributed by atoms with Gasteiger partial charge in [0.1, 0.15) is 11.5 Å². The lowest BCUT2D eigenvalue weighted by atomic mass is 9.94. The SMILES string of the molecule is COc1ccc(/C(O)=C2/C(=O)C(=O)N(CCCN(C)C)C2c2cccc(C)c2)cc1C. The van der Waals surface area contributed by atoms with Crippen molar-refractivity contribution in [3.8, 4) is 5.75 Å². The summed E-state index contributed by atoms with van der Waals surface area (Å²) in [7, 11) is 5.52. The average molecular weight is 423 g/mol. The third-order valence-electron chi connectivity index (χ3n) is 5.57. The zero-order chi connectivity index (χ0) is 22.7. The summed E-state index contributed by atoms with van der Waals surface area (Å²) in [6, 6.07) is 12.3. The highest BCUT2D eigenvalue weighted by Crippen LogP contribution is 2.40. The summed E-state index contributed by atoms with van der Waals surface area (Å²) in [4.78, 5) is 29.6. The highest BCUT2D eigenvalue weighted by atomic mass is 16.5. The summed E-state index contributed by atoms with van der Waals surface area (Å²) in [5, 5.41) is 11.2. The van der Waals surface area contributed by atoms with Gasteiger partial charge in [0.05, 0.1) is 18.7 Å². The van der Waals surface area contributed by atoms with E-state index in [0.29, 0.717) is 17.9 Å². The summed E-state index contributed by atoms with van der Waals surface area (Å²) < 4.78 is 5.30. The zero-order valence-electron chi connectivity index (χ0n) is 18.8. The van der Waals surface area contributed by atoms with Crippen molar-refractivity contribution in [2.24, 2.45) is 0 Å². The molecule has 0 radical (unpaired) electrons. The zero-order valence-corrected chi connectivity index (χ0v) is 18.8. The second-order valence-corrected chi connectivity index (χ2v) is 8.25. The van der Waals surface area contributed by atoms with Crippen LogP contribution in [0.4, 0.5) is 0 Å². The number of hydrogen-bond donors (Lipinski definition) is 1. The molecule has 0 saturated carbocycles. The van der Waals surface area contributed by atoms with E-state index >= 15 is 0 Å². The molecule has 6 nitrogen and oxygen atoms in total. The van der Waals surface area contributed by atoms with Crippen molar-refractivity contribution < 1.29 is 19.4 Å². The second kappa shape index (κ2) is 9.35. The molecule has 1 N–H and O–H groups in total. The van der Waals surface area contributed by atoms with Gasteiger partial charge in [0, 0.05) is 12.1 Å². The molecule has 6 heteroatoms. The third kappa shape index (κ3) is 4.64. The molecule has 3 rings (SSSR count). The molecule has 164 valence electrons. The lowest BCUT2D eigenvalue weighted by molar-refractivity contribution is -0.139. The molecule has 1 saturated heterocycles. The Morgan fingerprint density at radius 2 is 1.87 bits per heavy atom. The van der Waals surface area contributed by atoms with Gasteiger partial charge in [-0.1, -0.05) is 29.8 Å². The normalized spacial score (nSPS) is 18.1. The lowest BCUT2D eigenvalue weighted by Crippen LogP contribution is -2.32. The molecule has 0 aromatic heterocycles. The highest BCUT2D eigenvalue weighted by Gasteiger charge is 2.45. The van der Waals surface area contributed by atoms with Gasteiger partial charge < -0.3 is 19.6 Å². The van der Waals surface area contributed by atoms with Crippen LogP contribution in [0.2, 0.25) is 0 Å². The van der Waals surface area contributed by atoms with Gasteiger partial charge in [0.25, 0.3) is 11.7 Å². The quantitative estimate of drug-likeness (QED) is 0.419. The summed E-state index contributed by atoms with van der Waals surface area (Å²) >= 11 is 0. The van der Waals surface area contributed by atoms with Crippen LogP contribution in [-0.4, -0.2) is 60.9 Å². The molecular weight excluding hydrogens is 392 g/mol. The molecule has 1 aliphatic rings. The van der Waals surface area contributed by atoms with E-state index in [1.54, 1.807) is 30.2 Å². The first-order valence-corrected chi connectivity index (χ1v) is 10.4. The molecule has 1 amide bonds. The number of Topliss-reactive ketones (excluding diaryl/α,β-unsaturated/α-hetero) is 1. The third-order valence-corrected chi connectivity index (χ3v) is 5.57. The maximum absolute atomic E-state index is 13.1. The van der Waals surface area contributed by atoms with Gasteiger partial charge in [-0.25, -0.2) is 0 Å². The van der Waals surface area contributed by atoms with Gasteiger partial charge in [-0.2, -0.15) is 0 Å². The number of hydrogen-bond acceptors (Lipinski definition) is 5. The molecule has 0 aliphatic carbocycles. The molecule has 1 heterocycles. The summed E-state index contributed by atoms with van der Waals surface area (Å²) in [6.07, 6.45) is 0.726. The maximum Gasteiger partial charge on any atom is 0.295 e. The first kappa shape index (κ1) is 22.6. The van der Waals surface area contributed by atoms with Crippen molar-refractivity contribution in [3.05, 3.63) is 70.3 Å². The standard InChI is InChI=1S/C25H30N2O4/c1-16-8-6-9-18(14-16)22-21(23(28)19-10-11-20(31-5)17(2)15-19)24(29)25(30)27(22)13-7-12-26(3)4/h6,8-11,14-15,22,28H,7,12-13H2,1-5H3/b23-21-. The van der Waals surface area contributed by atoms with Crippen LogP contribution in [0.25, 0.3) is 5.76 Å². The Balaban J connectivity index is 2.11. The molecule has 0 bridgehead atoms. The predicted octanol–water partition coefficient (Wildman–Crippen LogP) is 3.69. The van der Waals surface area contributed by atoms with E-state index in [-0.39, 0.29) is 11.3 Å². The summed E-state index contributed by atoms with van der Waals surface area (Å²) in [5.74, 6) is -0.694. The Kier molecular flexibility index (Phi) is 6.81. The van der Waals surface area contributed by atoms with Crippen molar-refractivity contribution in [2.45, 2.75) is 26.3 Å². The van der Waals surface area contributed by atoms with Gasteiger partial charge in [0.2, 0.25) is 0 Å². The molecule has 1 unspecified atom stereocenters. The van der Waals surface area contributed by atoms with Crippen LogP contribution in [0.15, 0.2) is 48.0 Å². The Hall–Kier alpha value is -3.12. The van der Waals surface area contributed by atoms with Crippen LogP contribution in [-0.2, 0) is 9.59 Å². The van der Waals surface area contributed by atoms with Gasteiger partial charge in [-0.15, -0.1) is 0 Å². The summed E-state index contributed by atoms with van der Waals surface area (Å²) in [6.45, 7) is 5.06. The number of ketones is 1. The van der Waals surface area contributed by atoms with E-state index in [0.717, 1.165) is 29.7 Å². The number of aliphatic hydroxyl groups excluding tert-OH is 1. The first-order valence-electron chi connectivity index (χ1n) is 10.4. The predicted molar refractivity (Wildman–Crippen MR) is 121 cm³/mol. The number of likely N-dealkylation sites (tertiary alicyclic amines) is 1. The monoisotopic (exact) mass is 422 g/mol. The van der Waals surface area contributed by atoms with Crippen molar-refractivity contribution in [3.63, 3.8) is 0 Å². The average Bonchev–Trinajstić information content (AvgIpc) is 2.98. The minimum absolute atomic E-state index is 0.130. The van der Waals surface area contributed by atoms with E-state index in [2.05, 4.69) is 0 Å². The first-order chi connectivity index (χ1) is 14.7. The van der Waals surface area contributed by atoms with Crippen molar-refractivity contribution in [1.82, 2.24) is 9.80 Å². The number of aliphatic hydroxyl groups is 1. The number of aryl methyl sites for hydroxylation is 2. The smallest absolute Gasteiger partial charge is 0.295 e. The molecule has 1 aliphatic heterocycles. The van der Waals surface area contributed by atoms with E-state index in [9.17, 15) is 14.7 Å². The lowest BCUT2D eigenvalue weighted by Gasteiger charge is -2.26. The van der Waals surface area contributed by atoms with Gasteiger partial charge >= 0.3 is 0 Å². The number of nitrogens with zero attached hydrogens (tertiary/aromatic N) is 2. The Bertz CT molecular complexity index is 1030.